The Morgan fingerprint density at radius 1 is 0.938 bits per heavy atom. The minimum Gasteiger partial charge on any atom is -0.493 e. The summed E-state index contributed by atoms with van der Waals surface area (Å²) >= 11 is 12.6. The minimum atomic E-state index is -0.418. The summed E-state index contributed by atoms with van der Waals surface area (Å²) in [5.74, 6) is 0.787. The minimum absolute atomic E-state index is 0.0222. The van der Waals surface area contributed by atoms with Gasteiger partial charge in [0, 0.05) is 30.0 Å². The van der Waals surface area contributed by atoms with Gasteiger partial charge in [-0.25, -0.2) is 0 Å². The zero-order chi connectivity index (χ0) is 23.0. The fourth-order valence-corrected chi connectivity index (χ4v) is 5.03. The highest BCUT2D eigenvalue weighted by Gasteiger charge is 2.39. The topological polar surface area (TPSA) is 73.9 Å². The molecule has 4 rings (SSSR count). The molecule has 32 heavy (non-hydrogen) atoms. The van der Waals surface area contributed by atoms with E-state index in [1.54, 1.807) is 33.5 Å². The molecule has 0 bridgehead atoms. The lowest BCUT2D eigenvalue weighted by Gasteiger charge is -2.35. The highest BCUT2D eigenvalue weighted by molar-refractivity contribution is 6.42. The van der Waals surface area contributed by atoms with Crippen LogP contribution in [0, 0.1) is 0 Å². The number of ketones is 1. The van der Waals surface area contributed by atoms with Gasteiger partial charge in [0.2, 0.25) is 11.7 Å². The van der Waals surface area contributed by atoms with Crippen LogP contribution in [0.3, 0.4) is 0 Å². The standard InChI is InChI=1S/C24H23Cl2NO5/c1-30-19-9-13(10-20(31-2)24(19)32-3)12-7-17-22(18(28)8-12)15(11-21(29)27-17)14-5-4-6-16(25)23(14)26/h4-6,9-10,12,15H,7-8,11H2,1-3H3,(H,27,29)/t12-,15-/m1/s1. The summed E-state index contributed by atoms with van der Waals surface area (Å²) in [6, 6.07) is 8.99. The van der Waals surface area contributed by atoms with Crippen molar-refractivity contribution in [3.8, 4) is 17.2 Å². The number of ether oxygens (including phenoxy) is 3. The fraction of sp³-hybridized carbons (Fsp3) is 0.333. The van der Waals surface area contributed by atoms with Crippen molar-refractivity contribution in [2.75, 3.05) is 21.3 Å². The Balaban J connectivity index is 1.75. The molecule has 8 heteroatoms. The van der Waals surface area contributed by atoms with Crippen LogP contribution in [-0.4, -0.2) is 33.0 Å². The fourth-order valence-electron chi connectivity index (χ4n) is 4.59. The van der Waals surface area contributed by atoms with Gasteiger partial charge in [-0.05, 0) is 41.7 Å². The van der Waals surface area contributed by atoms with Crippen molar-refractivity contribution in [2.24, 2.45) is 0 Å². The molecule has 1 aliphatic heterocycles. The summed E-state index contributed by atoms with van der Waals surface area (Å²) in [5.41, 5.74) is 2.81. The van der Waals surface area contributed by atoms with Gasteiger partial charge in [0.25, 0.3) is 0 Å². The van der Waals surface area contributed by atoms with E-state index >= 15 is 0 Å². The molecule has 168 valence electrons. The third-order valence-electron chi connectivity index (χ3n) is 6.05. The van der Waals surface area contributed by atoms with E-state index in [0.717, 1.165) is 5.56 Å². The van der Waals surface area contributed by atoms with E-state index in [4.69, 9.17) is 37.4 Å². The highest BCUT2D eigenvalue weighted by atomic mass is 35.5. The van der Waals surface area contributed by atoms with Gasteiger partial charge in [-0.2, -0.15) is 0 Å². The summed E-state index contributed by atoms with van der Waals surface area (Å²) in [5, 5.41) is 3.69. The van der Waals surface area contributed by atoms with Crippen molar-refractivity contribution in [3.05, 3.63) is 62.8 Å². The molecule has 0 saturated carbocycles. The van der Waals surface area contributed by atoms with Crippen LogP contribution in [0.2, 0.25) is 10.0 Å². The number of hydrogen-bond donors (Lipinski definition) is 1. The Morgan fingerprint density at radius 2 is 1.62 bits per heavy atom. The van der Waals surface area contributed by atoms with E-state index in [9.17, 15) is 9.59 Å². The molecule has 1 heterocycles. The van der Waals surface area contributed by atoms with Crippen molar-refractivity contribution < 1.29 is 23.8 Å². The first kappa shape index (κ1) is 22.5. The van der Waals surface area contributed by atoms with E-state index in [2.05, 4.69) is 5.32 Å². The lowest BCUT2D eigenvalue weighted by Crippen LogP contribution is -2.38. The third-order valence-corrected chi connectivity index (χ3v) is 6.88. The SMILES string of the molecule is COc1cc([C@H]2CC(=O)C3=C(C2)NC(=O)C[C@@H]3c2cccc(Cl)c2Cl)cc(OC)c1OC. The maximum absolute atomic E-state index is 13.4. The average molecular weight is 476 g/mol. The van der Waals surface area contributed by atoms with Gasteiger partial charge in [0.05, 0.1) is 31.4 Å². The van der Waals surface area contributed by atoms with Gasteiger partial charge in [-0.1, -0.05) is 35.3 Å². The van der Waals surface area contributed by atoms with Gasteiger partial charge in [0.1, 0.15) is 0 Å². The Hall–Kier alpha value is -2.70. The number of benzene rings is 2. The largest absolute Gasteiger partial charge is 0.493 e. The van der Waals surface area contributed by atoms with Gasteiger partial charge in [-0.3, -0.25) is 9.59 Å². The van der Waals surface area contributed by atoms with Crippen molar-refractivity contribution in [1.82, 2.24) is 5.32 Å². The lowest BCUT2D eigenvalue weighted by atomic mass is 9.73. The quantitative estimate of drug-likeness (QED) is 0.656. The summed E-state index contributed by atoms with van der Waals surface area (Å²) in [7, 11) is 4.64. The number of hydrogen-bond acceptors (Lipinski definition) is 5. The average Bonchev–Trinajstić information content (AvgIpc) is 2.78. The molecule has 1 amide bonds. The second-order valence-corrected chi connectivity index (χ2v) is 8.61. The molecule has 0 fully saturated rings. The molecule has 1 aliphatic carbocycles. The van der Waals surface area contributed by atoms with Crippen LogP contribution in [0.5, 0.6) is 17.2 Å². The van der Waals surface area contributed by atoms with Crippen molar-refractivity contribution in [1.29, 1.82) is 0 Å². The Bertz CT molecular complexity index is 1100. The smallest absolute Gasteiger partial charge is 0.225 e. The normalized spacial score (nSPS) is 20.5. The lowest BCUT2D eigenvalue weighted by molar-refractivity contribution is -0.122. The van der Waals surface area contributed by atoms with Crippen molar-refractivity contribution in [2.45, 2.75) is 31.1 Å². The molecule has 2 atom stereocenters. The maximum atomic E-state index is 13.4. The number of allylic oxidation sites excluding steroid dienone is 2. The number of amides is 1. The summed E-state index contributed by atoms with van der Waals surface area (Å²) < 4.78 is 16.3. The van der Waals surface area contributed by atoms with Crippen LogP contribution >= 0.6 is 23.2 Å². The van der Waals surface area contributed by atoms with Crippen molar-refractivity contribution in [3.63, 3.8) is 0 Å². The van der Waals surface area contributed by atoms with E-state index < -0.39 is 5.92 Å². The van der Waals surface area contributed by atoms with Gasteiger partial charge >= 0.3 is 0 Å². The third kappa shape index (κ3) is 3.93. The second-order valence-electron chi connectivity index (χ2n) is 7.83. The molecule has 2 aliphatic rings. The Morgan fingerprint density at radius 3 is 2.25 bits per heavy atom. The van der Waals surface area contributed by atoms with Crippen LogP contribution in [0.4, 0.5) is 0 Å². The van der Waals surface area contributed by atoms with Crippen LogP contribution in [-0.2, 0) is 9.59 Å². The maximum Gasteiger partial charge on any atom is 0.225 e. The van der Waals surface area contributed by atoms with E-state index in [1.165, 1.54) is 0 Å². The molecule has 2 aromatic carbocycles. The zero-order valence-corrected chi connectivity index (χ0v) is 19.5. The second kappa shape index (κ2) is 9.04. The molecular weight excluding hydrogens is 453 g/mol. The summed E-state index contributed by atoms with van der Waals surface area (Å²) in [4.78, 5) is 25.9. The molecule has 6 nitrogen and oxygen atoms in total. The van der Waals surface area contributed by atoms with Crippen LogP contribution in [0.15, 0.2) is 41.6 Å². The van der Waals surface area contributed by atoms with E-state index in [1.807, 2.05) is 18.2 Å². The monoisotopic (exact) mass is 475 g/mol. The Kier molecular flexibility index (Phi) is 6.35. The Labute approximate surface area is 196 Å². The first-order valence-electron chi connectivity index (χ1n) is 10.2. The zero-order valence-electron chi connectivity index (χ0n) is 18.0. The molecule has 0 radical (unpaired) electrons. The highest BCUT2D eigenvalue weighted by Crippen LogP contribution is 2.47. The molecule has 2 aromatic rings. The summed E-state index contributed by atoms with van der Waals surface area (Å²) in [6.45, 7) is 0. The molecular formula is C24H23Cl2NO5. The number of halogens is 2. The van der Waals surface area contributed by atoms with Crippen LogP contribution < -0.4 is 19.5 Å². The number of carbonyl (C=O) groups excluding carboxylic acids is 2. The summed E-state index contributed by atoms with van der Waals surface area (Å²) in [6.07, 6.45) is 0.946. The van der Waals surface area contributed by atoms with E-state index in [-0.39, 0.29) is 24.0 Å². The number of Topliss-reactive ketones (excluding diaryl/α,β-unsaturated/α-hetero) is 1. The number of carbonyl (C=O) groups is 2. The number of nitrogens with one attached hydrogen (secondary N) is 1. The molecule has 0 unspecified atom stereocenters. The number of rotatable bonds is 5. The predicted molar refractivity (Wildman–Crippen MR) is 122 cm³/mol. The molecule has 0 saturated heterocycles. The van der Waals surface area contributed by atoms with Crippen molar-refractivity contribution >= 4 is 34.9 Å². The van der Waals surface area contributed by atoms with Crippen LogP contribution in [0.25, 0.3) is 0 Å². The van der Waals surface area contributed by atoms with Gasteiger partial charge in [-0.15, -0.1) is 0 Å². The van der Waals surface area contributed by atoms with E-state index in [0.29, 0.717) is 57.0 Å². The first-order chi connectivity index (χ1) is 15.4. The van der Waals surface area contributed by atoms with Gasteiger partial charge < -0.3 is 19.5 Å². The van der Waals surface area contributed by atoms with Crippen LogP contribution in [0.1, 0.15) is 42.2 Å². The molecule has 0 aromatic heterocycles. The molecule has 0 spiro atoms. The molecule has 1 N–H and O–H groups in total. The van der Waals surface area contributed by atoms with Gasteiger partial charge in [0.15, 0.2) is 17.3 Å². The predicted octanol–water partition coefficient (Wildman–Crippen LogP) is 5.02. The number of methoxy groups -OCH3 is 3. The first-order valence-corrected chi connectivity index (χ1v) is 10.9.